The number of hydrogen-bond donors (Lipinski definition) is 0. The molecule has 0 saturated heterocycles. The molecule has 2 rings (SSSR count). The molecule has 1 aromatic heterocycles. The zero-order valence-corrected chi connectivity index (χ0v) is 13.4. The molecule has 106 valence electrons. The van der Waals surface area contributed by atoms with E-state index in [0.717, 1.165) is 4.47 Å². The summed E-state index contributed by atoms with van der Waals surface area (Å²) in [6, 6.07) is 10.2. The van der Waals surface area contributed by atoms with Gasteiger partial charge >= 0.3 is 0 Å². The number of aromatic nitrogens is 2. The lowest BCUT2D eigenvalue weighted by Gasteiger charge is -2.22. The van der Waals surface area contributed by atoms with E-state index in [-0.39, 0.29) is 0 Å². The van der Waals surface area contributed by atoms with Gasteiger partial charge in [-0.1, -0.05) is 30.3 Å². The van der Waals surface area contributed by atoms with Crippen molar-refractivity contribution in [2.24, 2.45) is 0 Å². The molecule has 0 saturated carbocycles. The molecule has 0 radical (unpaired) electrons. The summed E-state index contributed by atoms with van der Waals surface area (Å²) in [4.78, 5) is 10.7. The fourth-order valence-electron chi connectivity index (χ4n) is 1.79. The fourth-order valence-corrected chi connectivity index (χ4v) is 2.35. The number of ether oxygens (including phenoxy) is 1. The summed E-state index contributed by atoms with van der Waals surface area (Å²) in [5, 5.41) is 0. The van der Waals surface area contributed by atoms with Gasteiger partial charge in [0.25, 0.3) is 0 Å². The zero-order valence-electron chi connectivity index (χ0n) is 11.1. The van der Waals surface area contributed by atoms with Gasteiger partial charge in [-0.3, -0.25) is 0 Å². The van der Waals surface area contributed by atoms with Crippen molar-refractivity contribution in [1.29, 1.82) is 0 Å². The Kier molecular flexibility index (Phi) is 5.61. The molecule has 0 N–H and O–H groups in total. The molecular weight excluding hydrogens is 342 g/mol. The van der Waals surface area contributed by atoms with Crippen molar-refractivity contribution in [2.45, 2.75) is 6.54 Å². The highest BCUT2D eigenvalue weighted by atomic mass is 79.9. The van der Waals surface area contributed by atoms with Crippen LogP contribution in [0, 0.1) is 0 Å². The predicted molar refractivity (Wildman–Crippen MR) is 84.5 cm³/mol. The lowest BCUT2D eigenvalue weighted by molar-refractivity contribution is 0.393. The number of nitrogens with zero attached hydrogens (tertiary/aromatic N) is 3. The first-order valence-corrected chi connectivity index (χ1v) is 7.48. The van der Waals surface area contributed by atoms with Crippen LogP contribution in [-0.2, 0) is 6.54 Å². The number of alkyl halides is 1. The minimum atomic E-state index is 0.509. The van der Waals surface area contributed by atoms with Gasteiger partial charge in [-0.05, 0) is 21.5 Å². The molecule has 0 fully saturated rings. The van der Waals surface area contributed by atoms with Crippen molar-refractivity contribution in [3.8, 4) is 5.88 Å². The largest absolute Gasteiger partial charge is 0.480 e. The quantitative estimate of drug-likeness (QED) is 0.743. The van der Waals surface area contributed by atoms with Gasteiger partial charge < -0.3 is 9.64 Å². The van der Waals surface area contributed by atoms with Gasteiger partial charge in [0.15, 0.2) is 0 Å². The van der Waals surface area contributed by atoms with Gasteiger partial charge in [0.1, 0.15) is 0 Å². The van der Waals surface area contributed by atoms with Gasteiger partial charge in [-0.15, -0.1) is 11.6 Å². The van der Waals surface area contributed by atoms with Crippen molar-refractivity contribution in [3.63, 3.8) is 0 Å². The third-order valence-corrected chi connectivity index (χ3v) is 3.46. The number of anilines is 1. The number of halogens is 2. The summed E-state index contributed by atoms with van der Waals surface area (Å²) in [7, 11) is 1.58. The van der Waals surface area contributed by atoms with E-state index >= 15 is 0 Å². The van der Waals surface area contributed by atoms with E-state index in [0.29, 0.717) is 30.8 Å². The molecule has 1 aromatic carbocycles. The van der Waals surface area contributed by atoms with Crippen LogP contribution >= 0.6 is 27.5 Å². The minimum absolute atomic E-state index is 0.509. The molecule has 0 unspecified atom stereocenters. The van der Waals surface area contributed by atoms with Gasteiger partial charge in [-0.25, -0.2) is 4.98 Å². The standard InChI is InChI=1S/C14H15BrClN3O/c1-20-13-12(15)9-17-14(18-13)19(8-7-16)10-11-5-3-2-4-6-11/h2-6,9H,7-8,10H2,1H3. The molecule has 0 aliphatic carbocycles. The average molecular weight is 357 g/mol. The van der Waals surface area contributed by atoms with Crippen LogP contribution in [0.1, 0.15) is 5.56 Å². The summed E-state index contributed by atoms with van der Waals surface area (Å²) < 4.78 is 5.94. The maximum Gasteiger partial charge on any atom is 0.232 e. The lowest BCUT2D eigenvalue weighted by Crippen LogP contribution is -2.27. The summed E-state index contributed by atoms with van der Waals surface area (Å²) in [6.07, 6.45) is 1.69. The second-order valence-electron chi connectivity index (χ2n) is 4.12. The Morgan fingerprint density at radius 3 is 2.70 bits per heavy atom. The van der Waals surface area contributed by atoms with Gasteiger partial charge in [0.2, 0.25) is 11.8 Å². The molecule has 6 heteroatoms. The molecule has 0 aliphatic heterocycles. The topological polar surface area (TPSA) is 38.2 Å². The molecular formula is C14H15BrClN3O. The molecule has 0 aliphatic rings. The Balaban J connectivity index is 2.24. The lowest BCUT2D eigenvalue weighted by atomic mass is 10.2. The first kappa shape index (κ1) is 15.1. The van der Waals surface area contributed by atoms with Crippen LogP contribution in [0.4, 0.5) is 5.95 Å². The second kappa shape index (κ2) is 7.45. The van der Waals surface area contributed by atoms with Crippen molar-refractivity contribution in [2.75, 3.05) is 24.4 Å². The fraction of sp³-hybridized carbons (Fsp3) is 0.286. The Bertz CT molecular complexity index is 553. The van der Waals surface area contributed by atoms with Crippen LogP contribution in [0.2, 0.25) is 0 Å². The van der Waals surface area contributed by atoms with E-state index in [4.69, 9.17) is 16.3 Å². The van der Waals surface area contributed by atoms with Crippen LogP contribution in [0.25, 0.3) is 0 Å². The van der Waals surface area contributed by atoms with Gasteiger partial charge in [-0.2, -0.15) is 4.98 Å². The van der Waals surface area contributed by atoms with Crippen LogP contribution in [0.3, 0.4) is 0 Å². The molecule has 0 spiro atoms. The van der Waals surface area contributed by atoms with Crippen LogP contribution < -0.4 is 9.64 Å². The third-order valence-electron chi connectivity index (χ3n) is 2.75. The van der Waals surface area contributed by atoms with Gasteiger partial charge in [0.05, 0.1) is 17.8 Å². The van der Waals surface area contributed by atoms with Gasteiger partial charge in [0, 0.05) is 19.0 Å². The van der Waals surface area contributed by atoms with Crippen molar-refractivity contribution in [1.82, 2.24) is 9.97 Å². The summed E-state index contributed by atoms with van der Waals surface area (Å²) in [6.45, 7) is 1.37. The average Bonchev–Trinajstić information content (AvgIpc) is 2.48. The molecule has 0 bridgehead atoms. The van der Waals surface area contributed by atoms with E-state index in [2.05, 4.69) is 38.0 Å². The Morgan fingerprint density at radius 1 is 1.30 bits per heavy atom. The highest BCUT2D eigenvalue weighted by molar-refractivity contribution is 9.10. The maximum absolute atomic E-state index is 5.88. The summed E-state index contributed by atoms with van der Waals surface area (Å²) >= 11 is 9.23. The number of methoxy groups -OCH3 is 1. The molecule has 0 amide bonds. The number of hydrogen-bond acceptors (Lipinski definition) is 4. The van der Waals surface area contributed by atoms with Crippen LogP contribution in [0.5, 0.6) is 5.88 Å². The Labute approximate surface area is 131 Å². The van der Waals surface area contributed by atoms with Crippen molar-refractivity contribution < 1.29 is 4.74 Å². The normalized spacial score (nSPS) is 10.3. The van der Waals surface area contributed by atoms with Crippen molar-refractivity contribution in [3.05, 3.63) is 46.6 Å². The Hall–Kier alpha value is -1.33. The minimum Gasteiger partial charge on any atom is -0.480 e. The SMILES string of the molecule is COc1nc(N(CCCl)Cc2ccccc2)ncc1Br. The summed E-state index contributed by atoms with van der Waals surface area (Å²) in [5.41, 5.74) is 1.18. The Morgan fingerprint density at radius 2 is 2.05 bits per heavy atom. The predicted octanol–water partition coefficient (Wildman–Crippen LogP) is 3.49. The molecule has 0 atom stereocenters. The van der Waals surface area contributed by atoms with E-state index in [1.54, 1.807) is 13.3 Å². The highest BCUT2D eigenvalue weighted by Crippen LogP contribution is 2.24. The highest BCUT2D eigenvalue weighted by Gasteiger charge is 2.12. The third kappa shape index (κ3) is 3.84. The van der Waals surface area contributed by atoms with Crippen molar-refractivity contribution >= 4 is 33.5 Å². The summed E-state index contributed by atoms with van der Waals surface area (Å²) in [5.74, 6) is 1.63. The van der Waals surface area contributed by atoms with E-state index in [1.165, 1.54) is 5.56 Å². The van der Waals surface area contributed by atoms with E-state index in [9.17, 15) is 0 Å². The first-order valence-electron chi connectivity index (χ1n) is 6.16. The molecule has 1 heterocycles. The number of rotatable bonds is 6. The number of benzene rings is 1. The van der Waals surface area contributed by atoms with Crippen LogP contribution in [0.15, 0.2) is 41.0 Å². The smallest absolute Gasteiger partial charge is 0.232 e. The molecule has 4 nitrogen and oxygen atoms in total. The second-order valence-corrected chi connectivity index (χ2v) is 5.36. The first-order chi connectivity index (χ1) is 9.74. The monoisotopic (exact) mass is 355 g/mol. The maximum atomic E-state index is 5.88. The zero-order chi connectivity index (χ0) is 14.4. The molecule has 2 aromatic rings. The molecule has 20 heavy (non-hydrogen) atoms. The van der Waals surface area contributed by atoms with E-state index in [1.807, 2.05) is 23.1 Å². The van der Waals surface area contributed by atoms with E-state index < -0.39 is 0 Å². The van der Waals surface area contributed by atoms with Crippen LogP contribution in [-0.4, -0.2) is 29.5 Å².